The van der Waals surface area contributed by atoms with Gasteiger partial charge in [-0.15, -0.1) is 0 Å². The van der Waals surface area contributed by atoms with E-state index in [1.54, 1.807) is 6.92 Å². The number of benzene rings is 1. The molecule has 2 rings (SSSR count). The third-order valence-corrected chi connectivity index (χ3v) is 6.67. The maximum atomic E-state index is 14.5. The first-order valence-electron chi connectivity index (χ1n) is 11.6. The fourth-order valence-corrected chi connectivity index (χ4v) is 4.19. The quantitative estimate of drug-likeness (QED) is 0.146. The molecule has 2 nitrogen and oxygen atoms in total. The van der Waals surface area contributed by atoms with Crippen LogP contribution in [0.25, 0.3) is 0 Å². The zero-order chi connectivity index (χ0) is 32.0. The molecule has 0 unspecified atom stereocenters. The average Bonchev–Trinajstić information content (AvgIpc) is 2.84. The second-order valence-electron chi connectivity index (χ2n) is 9.48. The van der Waals surface area contributed by atoms with Crippen LogP contribution in [0.15, 0.2) is 18.2 Å². The Kier molecular flexibility index (Phi) is 9.33. The molecule has 41 heavy (non-hydrogen) atoms. The highest BCUT2D eigenvalue weighted by Crippen LogP contribution is 2.63. The molecular formula is C23H20F16O2. The summed E-state index contributed by atoms with van der Waals surface area (Å²) < 4.78 is 221. The summed E-state index contributed by atoms with van der Waals surface area (Å²) in [4.78, 5) is 12.3. The zero-order valence-corrected chi connectivity index (χ0v) is 20.5. The minimum Gasteiger partial charge on any atom is -0.423 e. The van der Waals surface area contributed by atoms with Gasteiger partial charge in [0, 0.05) is 5.92 Å². The predicted molar refractivity (Wildman–Crippen MR) is 107 cm³/mol. The van der Waals surface area contributed by atoms with Crippen LogP contribution < -0.4 is 4.74 Å². The van der Waals surface area contributed by atoms with Gasteiger partial charge >= 0.3 is 47.7 Å². The summed E-state index contributed by atoms with van der Waals surface area (Å²) in [5.74, 6) is -54.1. The molecule has 0 amide bonds. The maximum absolute atomic E-state index is 14.5. The van der Waals surface area contributed by atoms with E-state index in [1.165, 1.54) is 6.07 Å². The molecular weight excluding hydrogens is 612 g/mol. The van der Waals surface area contributed by atoms with Crippen LogP contribution in [0.5, 0.6) is 5.75 Å². The van der Waals surface area contributed by atoms with E-state index in [9.17, 15) is 75.0 Å². The summed E-state index contributed by atoms with van der Waals surface area (Å²) in [5.41, 5.74) is 0.524. The molecule has 1 fully saturated rings. The van der Waals surface area contributed by atoms with Crippen LogP contribution in [0.2, 0.25) is 0 Å². The Morgan fingerprint density at radius 2 is 1.20 bits per heavy atom. The Bertz CT molecular complexity index is 1090. The molecule has 0 atom stereocenters. The monoisotopic (exact) mass is 632 g/mol. The lowest BCUT2D eigenvalue weighted by molar-refractivity contribution is -0.455. The van der Waals surface area contributed by atoms with Crippen molar-refractivity contribution >= 4 is 5.97 Å². The van der Waals surface area contributed by atoms with E-state index in [0.717, 1.165) is 12.1 Å². The van der Waals surface area contributed by atoms with Crippen molar-refractivity contribution in [1.82, 2.24) is 0 Å². The van der Waals surface area contributed by atoms with E-state index in [-0.39, 0.29) is 0 Å². The number of hydrogen-bond donors (Lipinski definition) is 0. The standard InChI is InChI=1S/C23H20F16O2/c1-2-3-11-4-9-15(14(24)10-11)41-16(40)12-5-7-13(8-6-12)17(25,26)18(27,28)19(29,30)20(31,32)21(33,34)22(35,36)23(37,38)39/h4,9-10,12-13H,2-3,5-8H2,1H3. The van der Waals surface area contributed by atoms with Gasteiger partial charge in [-0.1, -0.05) is 19.4 Å². The van der Waals surface area contributed by atoms with Crippen molar-refractivity contribution in [2.24, 2.45) is 11.8 Å². The Morgan fingerprint density at radius 1 is 0.732 bits per heavy atom. The number of aryl methyl sites for hydroxylation is 1. The molecule has 0 aromatic heterocycles. The SMILES string of the molecule is CCCc1ccc(OC(=O)C2CCC(C(F)(F)C(F)(F)C(F)(F)C(F)(F)C(F)(F)C(F)(F)C(F)(F)F)CC2)c(F)c1. The summed E-state index contributed by atoms with van der Waals surface area (Å²) in [5, 5.41) is 0. The van der Waals surface area contributed by atoms with Crippen molar-refractivity contribution in [3.05, 3.63) is 29.6 Å². The molecule has 1 saturated carbocycles. The minimum atomic E-state index is -8.34. The molecule has 1 aliphatic carbocycles. The van der Waals surface area contributed by atoms with Crippen LogP contribution in [-0.4, -0.2) is 47.7 Å². The summed E-state index contributed by atoms with van der Waals surface area (Å²) in [6.07, 6.45) is -11.0. The topological polar surface area (TPSA) is 26.3 Å². The van der Waals surface area contributed by atoms with Gasteiger partial charge in [0.1, 0.15) is 0 Å². The number of carbonyl (C=O) groups excluding carboxylic acids is 1. The minimum absolute atomic E-state index is 0.460. The van der Waals surface area contributed by atoms with Crippen LogP contribution in [0.1, 0.15) is 44.6 Å². The molecule has 0 bridgehead atoms. The van der Waals surface area contributed by atoms with E-state index in [4.69, 9.17) is 4.74 Å². The maximum Gasteiger partial charge on any atom is 0.460 e. The van der Waals surface area contributed by atoms with E-state index in [2.05, 4.69) is 0 Å². The first-order valence-corrected chi connectivity index (χ1v) is 11.6. The smallest absolute Gasteiger partial charge is 0.423 e. The van der Waals surface area contributed by atoms with Gasteiger partial charge in [0.25, 0.3) is 0 Å². The lowest BCUT2D eigenvalue weighted by Crippen LogP contribution is -2.73. The van der Waals surface area contributed by atoms with Gasteiger partial charge in [-0.3, -0.25) is 4.79 Å². The molecule has 0 N–H and O–H groups in total. The van der Waals surface area contributed by atoms with Crippen molar-refractivity contribution in [3.63, 3.8) is 0 Å². The number of rotatable bonds is 10. The zero-order valence-electron chi connectivity index (χ0n) is 20.5. The summed E-state index contributed by atoms with van der Waals surface area (Å²) in [6.45, 7) is 1.79. The molecule has 0 aliphatic heterocycles. The number of carbonyl (C=O) groups is 1. The molecule has 1 aromatic carbocycles. The fourth-order valence-electron chi connectivity index (χ4n) is 4.19. The highest BCUT2D eigenvalue weighted by atomic mass is 19.4. The summed E-state index contributed by atoms with van der Waals surface area (Å²) in [6, 6.07) is 3.47. The normalized spacial score (nSPS) is 20.2. The number of esters is 1. The average molecular weight is 632 g/mol. The Morgan fingerprint density at radius 3 is 1.63 bits per heavy atom. The number of hydrogen-bond acceptors (Lipinski definition) is 2. The van der Waals surface area contributed by atoms with Gasteiger partial charge in [0.15, 0.2) is 11.6 Å². The largest absolute Gasteiger partial charge is 0.460 e. The Balaban J connectivity index is 2.23. The van der Waals surface area contributed by atoms with E-state index >= 15 is 0 Å². The van der Waals surface area contributed by atoms with Crippen LogP contribution in [-0.2, 0) is 11.2 Å². The van der Waals surface area contributed by atoms with Crippen molar-refractivity contribution in [2.45, 2.75) is 87.2 Å². The van der Waals surface area contributed by atoms with Crippen LogP contribution >= 0.6 is 0 Å². The van der Waals surface area contributed by atoms with E-state index in [0.29, 0.717) is 18.4 Å². The van der Waals surface area contributed by atoms with Gasteiger partial charge in [-0.2, -0.15) is 65.9 Å². The molecule has 0 saturated heterocycles. The molecule has 0 spiro atoms. The Hall–Kier alpha value is -2.43. The van der Waals surface area contributed by atoms with Gasteiger partial charge in [-0.05, 0) is 49.8 Å². The molecule has 236 valence electrons. The van der Waals surface area contributed by atoms with E-state index in [1.807, 2.05) is 0 Å². The van der Waals surface area contributed by atoms with Crippen molar-refractivity contribution < 1.29 is 79.8 Å². The predicted octanol–water partition coefficient (Wildman–Crippen LogP) is 8.86. The van der Waals surface area contributed by atoms with Crippen molar-refractivity contribution in [2.75, 3.05) is 0 Å². The third kappa shape index (κ3) is 5.67. The molecule has 0 radical (unpaired) electrons. The summed E-state index contributed by atoms with van der Waals surface area (Å²) >= 11 is 0. The molecule has 18 heteroatoms. The van der Waals surface area contributed by atoms with Gasteiger partial charge in [0.2, 0.25) is 0 Å². The number of ether oxygens (including phenoxy) is 1. The first-order chi connectivity index (χ1) is 18.3. The van der Waals surface area contributed by atoms with Crippen molar-refractivity contribution in [1.29, 1.82) is 0 Å². The highest BCUT2D eigenvalue weighted by molar-refractivity contribution is 5.75. The van der Waals surface area contributed by atoms with Crippen LogP contribution in [0.3, 0.4) is 0 Å². The molecule has 0 heterocycles. The van der Waals surface area contributed by atoms with E-state index < -0.39 is 96.8 Å². The van der Waals surface area contributed by atoms with Crippen LogP contribution in [0.4, 0.5) is 70.2 Å². The van der Waals surface area contributed by atoms with Gasteiger partial charge in [-0.25, -0.2) is 4.39 Å². The molecule has 1 aliphatic rings. The lowest BCUT2D eigenvalue weighted by atomic mass is 9.75. The second kappa shape index (κ2) is 11.0. The van der Waals surface area contributed by atoms with Crippen molar-refractivity contribution in [3.8, 4) is 5.75 Å². The van der Waals surface area contributed by atoms with Crippen LogP contribution in [0, 0.1) is 17.7 Å². The summed E-state index contributed by atoms with van der Waals surface area (Å²) in [7, 11) is 0. The first kappa shape index (κ1) is 34.8. The van der Waals surface area contributed by atoms with Gasteiger partial charge in [0.05, 0.1) is 5.92 Å². The lowest BCUT2D eigenvalue weighted by Gasteiger charge is -2.44. The number of halogens is 16. The number of alkyl halides is 15. The second-order valence-corrected chi connectivity index (χ2v) is 9.48. The van der Waals surface area contributed by atoms with Gasteiger partial charge < -0.3 is 4.74 Å². The Labute approximate surface area is 221 Å². The highest BCUT2D eigenvalue weighted by Gasteiger charge is 2.93. The molecule has 1 aromatic rings. The fraction of sp³-hybridized carbons (Fsp3) is 0.696. The third-order valence-electron chi connectivity index (χ3n) is 6.67.